The Hall–Kier alpha value is -5.67. The van der Waals surface area contributed by atoms with E-state index >= 15 is 0 Å². The van der Waals surface area contributed by atoms with Gasteiger partial charge in [0.15, 0.2) is 6.10 Å². The van der Waals surface area contributed by atoms with Crippen LogP contribution in [0.5, 0.6) is 0 Å². The molecule has 0 aliphatic rings. The molecule has 0 aliphatic carbocycles. The summed E-state index contributed by atoms with van der Waals surface area (Å²) in [6, 6.07) is 0. The third-order valence-electron chi connectivity index (χ3n) is 12.0. The van der Waals surface area contributed by atoms with Crippen LogP contribution in [0.1, 0.15) is 181 Å². The van der Waals surface area contributed by atoms with Gasteiger partial charge in [-0.2, -0.15) is 0 Å². The Morgan fingerprint density at radius 3 is 0.905 bits per heavy atom. The van der Waals surface area contributed by atoms with Crippen molar-refractivity contribution in [1.82, 2.24) is 0 Å². The predicted molar refractivity (Wildman–Crippen MR) is 361 cm³/mol. The number of phosphoric acid groups is 1. The minimum Gasteiger partial charge on any atom is -0.462 e. The number of carbonyl (C=O) groups is 2. The number of rotatable bonds is 54. The largest absolute Gasteiger partial charge is 0.472 e. The highest BCUT2D eigenvalue weighted by atomic mass is 31.2. The Balaban J connectivity index is 4.34. The summed E-state index contributed by atoms with van der Waals surface area (Å²) in [6.07, 6.45) is 100. The molecule has 0 spiro atoms. The number of ether oxygens (including phenoxy) is 2. The van der Waals surface area contributed by atoms with Gasteiger partial charge in [-0.05, 0) is 154 Å². The zero-order valence-electron chi connectivity index (χ0n) is 52.8. The topological polar surface area (TPSA) is 108 Å². The van der Waals surface area contributed by atoms with Gasteiger partial charge in [-0.3, -0.25) is 18.6 Å². The summed E-state index contributed by atoms with van der Waals surface area (Å²) in [5.74, 6) is -0.923. The van der Waals surface area contributed by atoms with Crippen molar-refractivity contribution in [2.75, 3.05) is 47.5 Å². The summed E-state index contributed by atoms with van der Waals surface area (Å²) >= 11 is 0. The maximum Gasteiger partial charge on any atom is 0.472 e. The van der Waals surface area contributed by atoms with Crippen molar-refractivity contribution in [2.45, 2.75) is 187 Å². The van der Waals surface area contributed by atoms with Gasteiger partial charge >= 0.3 is 19.8 Å². The first-order valence-corrected chi connectivity index (χ1v) is 33.0. The van der Waals surface area contributed by atoms with Crippen LogP contribution >= 0.6 is 7.82 Å². The summed E-state index contributed by atoms with van der Waals surface area (Å²) in [4.78, 5) is 35.7. The zero-order valence-corrected chi connectivity index (χ0v) is 53.7. The number of hydrogen-bond donors (Lipinski definition) is 1. The molecule has 0 saturated heterocycles. The number of esters is 2. The molecule has 10 heteroatoms. The van der Waals surface area contributed by atoms with Crippen molar-refractivity contribution in [3.63, 3.8) is 0 Å². The average molecular weight is 1180 g/mol. The van der Waals surface area contributed by atoms with Crippen molar-refractivity contribution < 1.29 is 42.1 Å². The van der Waals surface area contributed by atoms with Gasteiger partial charge in [-0.1, -0.05) is 233 Å². The van der Waals surface area contributed by atoms with Gasteiger partial charge in [0, 0.05) is 12.8 Å². The van der Waals surface area contributed by atoms with Crippen LogP contribution in [-0.2, 0) is 32.7 Å². The maximum atomic E-state index is 12.8. The molecule has 9 nitrogen and oxygen atoms in total. The smallest absolute Gasteiger partial charge is 0.462 e. The first-order chi connectivity index (χ1) is 41.0. The molecule has 466 valence electrons. The first-order valence-electron chi connectivity index (χ1n) is 31.5. The lowest BCUT2D eigenvalue weighted by Gasteiger charge is -2.24. The maximum absolute atomic E-state index is 12.8. The van der Waals surface area contributed by atoms with Crippen molar-refractivity contribution in [3.8, 4) is 0 Å². The number of phosphoric ester groups is 1. The fourth-order valence-electron chi connectivity index (χ4n) is 7.23. The van der Waals surface area contributed by atoms with Crippen molar-refractivity contribution in [1.29, 1.82) is 0 Å². The Bertz CT molecular complexity index is 2210. The van der Waals surface area contributed by atoms with Crippen molar-refractivity contribution >= 4 is 19.8 Å². The number of carbonyl (C=O) groups excluding carboxylic acids is 2. The standard InChI is InChI=1S/C74H112NO8P/c1-6-8-10-12-14-16-18-20-22-24-26-28-29-30-31-32-33-34-35-36-37-38-39-40-41-42-43-44-45-47-49-51-53-55-57-59-61-63-65-67-74(77)83-72(71-82-84(78,79)81-69-68-75(3,4)5)70-80-73(76)66-64-62-60-58-56-54-52-50-48-46-27-25-23-21-19-17-15-13-11-9-7-2/h8-11,14-17,20-23,26-28,30-31,33-34,36-37,39-40,42-43,45-47,50-53,56-59,72H,6-7,12-13,18-19,24-25,29,32,35,38,41,44,48-49,54-55,60-71H2,1-5H3/p+1/b10-8-,11-9-,16-14-,17-15-,22-20-,23-21-,28-26-,31-30-,34-33-,37-36-,40-39-,43-42-,46-27-,47-45-,52-50-,53-51-,58-56-,59-57-. The summed E-state index contributed by atoms with van der Waals surface area (Å²) < 4.78 is 34.5. The van der Waals surface area contributed by atoms with E-state index in [1.807, 2.05) is 21.1 Å². The lowest BCUT2D eigenvalue weighted by molar-refractivity contribution is -0.870. The van der Waals surface area contributed by atoms with Gasteiger partial charge < -0.3 is 18.9 Å². The van der Waals surface area contributed by atoms with Crippen LogP contribution in [0.4, 0.5) is 0 Å². The fraction of sp³-hybridized carbons (Fsp3) is 0.486. The Labute approximate surface area is 512 Å². The molecule has 2 atom stereocenters. The van der Waals surface area contributed by atoms with Gasteiger partial charge in [-0.25, -0.2) is 4.57 Å². The second-order valence-electron chi connectivity index (χ2n) is 21.0. The fourth-order valence-corrected chi connectivity index (χ4v) is 7.97. The van der Waals surface area contributed by atoms with Crippen LogP contribution in [0.2, 0.25) is 0 Å². The normalized spacial score (nSPS) is 14.7. The average Bonchev–Trinajstić information content (AvgIpc) is 3.61. The number of nitrogens with zero attached hydrogens (tertiary/aromatic N) is 1. The highest BCUT2D eigenvalue weighted by Gasteiger charge is 2.27. The SMILES string of the molecule is CC/C=C\C/C=C\C/C=C\C/C=C\C/C=C\C/C=C\C/C=C\C/C=C\C/C=C\C/C=C\C/C=C\C/C=C\CCCCC(=O)OC(COC(=O)CCCC/C=C\C/C=C\C/C=C\C/C=C\C/C=C\C/C=C\CC)COP(=O)(O)OCC[N+](C)(C)C. The van der Waals surface area contributed by atoms with E-state index in [9.17, 15) is 19.0 Å². The van der Waals surface area contributed by atoms with Crippen LogP contribution in [0.3, 0.4) is 0 Å². The molecule has 84 heavy (non-hydrogen) atoms. The van der Waals surface area contributed by atoms with E-state index in [0.29, 0.717) is 23.9 Å². The van der Waals surface area contributed by atoms with Gasteiger partial charge in [0.2, 0.25) is 0 Å². The molecule has 0 rings (SSSR count). The lowest BCUT2D eigenvalue weighted by atomic mass is 10.1. The number of hydrogen-bond acceptors (Lipinski definition) is 7. The molecule has 0 radical (unpaired) electrons. The van der Waals surface area contributed by atoms with E-state index in [-0.39, 0.29) is 26.1 Å². The molecule has 0 amide bonds. The molecule has 0 bridgehead atoms. The Kier molecular flexibility index (Phi) is 57.7. The number of quaternary nitrogens is 1. The van der Waals surface area contributed by atoms with Crippen LogP contribution in [0, 0.1) is 0 Å². The van der Waals surface area contributed by atoms with E-state index in [4.69, 9.17) is 18.5 Å². The van der Waals surface area contributed by atoms with Gasteiger partial charge in [0.25, 0.3) is 0 Å². The van der Waals surface area contributed by atoms with Gasteiger partial charge in [0.05, 0.1) is 27.7 Å². The molecule has 0 heterocycles. The van der Waals surface area contributed by atoms with Gasteiger partial charge in [0.1, 0.15) is 19.8 Å². The molecule has 0 aliphatic heterocycles. The molecule has 0 saturated carbocycles. The van der Waals surface area contributed by atoms with Crippen LogP contribution in [0.25, 0.3) is 0 Å². The van der Waals surface area contributed by atoms with Crippen LogP contribution in [-0.4, -0.2) is 74.9 Å². The van der Waals surface area contributed by atoms with Crippen LogP contribution < -0.4 is 0 Å². The monoisotopic (exact) mass is 1170 g/mol. The number of likely N-dealkylation sites (N-methyl/N-ethyl adjacent to an activating group) is 1. The number of unbranched alkanes of at least 4 members (excludes halogenated alkanes) is 4. The van der Waals surface area contributed by atoms with Gasteiger partial charge in [-0.15, -0.1) is 0 Å². The van der Waals surface area contributed by atoms with Crippen LogP contribution in [0.15, 0.2) is 219 Å². The van der Waals surface area contributed by atoms with Crippen molar-refractivity contribution in [2.24, 2.45) is 0 Å². The third kappa shape index (κ3) is 65.5. The molecule has 0 aromatic rings. The van der Waals surface area contributed by atoms with E-state index in [1.165, 1.54) is 0 Å². The predicted octanol–water partition coefficient (Wildman–Crippen LogP) is 20.5. The summed E-state index contributed by atoms with van der Waals surface area (Å²) in [5.41, 5.74) is 0. The Morgan fingerprint density at radius 1 is 0.369 bits per heavy atom. The van der Waals surface area contributed by atoms with Crippen molar-refractivity contribution in [3.05, 3.63) is 219 Å². The number of allylic oxidation sites excluding steroid dienone is 36. The summed E-state index contributed by atoms with van der Waals surface area (Å²) in [7, 11) is 1.38. The molecule has 0 aromatic carbocycles. The Morgan fingerprint density at radius 2 is 0.631 bits per heavy atom. The minimum atomic E-state index is -4.43. The molecule has 0 aromatic heterocycles. The van der Waals surface area contributed by atoms with E-state index in [1.54, 1.807) is 0 Å². The second-order valence-corrected chi connectivity index (χ2v) is 22.4. The molecule has 0 fully saturated rings. The van der Waals surface area contributed by atoms with E-state index in [2.05, 4.69) is 233 Å². The zero-order chi connectivity index (χ0) is 61.2. The van der Waals surface area contributed by atoms with E-state index in [0.717, 1.165) is 141 Å². The molecule has 1 N–H and O–H groups in total. The quantitative estimate of drug-likeness (QED) is 0.0211. The molecular weight excluding hydrogens is 1060 g/mol. The lowest BCUT2D eigenvalue weighted by Crippen LogP contribution is -2.37. The summed E-state index contributed by atoms with van der Waals surface area (Å²) in [5, 5.41) is 0. The first kappa shape index (κ1) is 78.3. The summed E-state index contributed by atoms with van der Waals surface area (Å²) in [6.45, 7) is 4.05. The molecular formula is C74H113NO8P+. The molecule has 2 unspecified atom stereocenters. The van der Waals surface area contributed by atoms with E-state index < -0.39 is 32.5 Å². The second kappa shape index (κ2) is 61.9. The third-order valence-corrected chi connectivity index (χ3v) is 13.0. The highest BCUT2D eigenvalue weighted by molar-refractivity contribution is 7.47. The minimum absolute atomic E-state index is 0.00216. The highest BCUT2D eigenvalue weighted by Crippen LogP contribution is 2.43.